The van der Waals surface area contributed by atoms with E-state index < -0.39 is 0 Å². The van der Waals surface area contributed by atoms with Crippen LogP contribution in [0.3, 0.4) is 0 Å². The Labute approximate surface area is 142 Å². The third-order valence-corrected chi connectivity index (χ3v) is 4.49. The van der Waals surface area contributed by atoms with Gasteiger partial charge in [0.05, 0.1) is 13.2 Å². The molecule has 1 fully saturated rings. The molecule has 0 aliphatic carbocycles. The molecule has 0 unspecified atom stereocenters. The number of nitrogens with one attached hydrogen (secondary N) is 1. The summed E-state index contributed by atoms with van der Waals surface area (Å²) in [4.78, 5) is 16.6. The first-order valence-electron chi connectivity index (χ1n) is 8.15. The molecule has 5 nitrogen and oxygen atoms in total. The minimum Gasteiger partial charge on any atom is -0.497 e. The van der Waals surface area contributed by atoms with E-state index in [9.17, 15) is 4.79 Å². The number of ether oxygens (including phenoxy) is 1. The molecule has 1 heterocycles. The van der Waals surface area contributed by atoms with Crippen LogP contribution in [0.2, 0.25) is 0 Å². The molecule has 0 radical (unpaired) electrons. The van der Waals surface area contributed by atoms with Crippen molar-refractivity contribution < 1.29 is 9.53 Å². The lowest BCUT2D eigenvalue weighted by Gasteiger charge is -2.25. The number of carbonyl (C=O) groups excluding carboxylic acids is 1. The van der Waals surface area contributed by atoms with E-state index in [1.165, 1.54) is 5.69 Å². The Hall–Kier alpha value is -2.69. The van der Waals surface area contributed by atoms with Crippen molar-refractivity contribution in [1.82, 2.24) is 4.90 Å². The Balaban J connectivity index is 1.57. The molecule has 1 aliphatic heterocycles. The van der Waals surface area contributed by atoms with Crippen molar-refractivity contribution in [3.8, 4) is 5.75 Å². The number of methoxy groups -OCH3 is 1. The van der Waals surface area contributed by atoms with Gasteiger partial charge in [-0.2, -0.15) is 0 Å². The number of hydrogen-bond donors (Lipinski definition) is 1. The number of rotatable bonds is 4. The topological polar surface area (TPSA) is 44.8 Å². The fraction of sp³-hybridized carbons (Fsp3) is 0.316. The zero-order chi connectivity index (χ0) is 16.9. The van der Waals surface area contributed by atoms with Gasteiger partial charge in [0, 0.05) is 31.5 Å². The van der Waals surface area contributed by atoms with Gasteiger partial charge in [0.15, 0.2) is 0 Å². The SMILES string of the molecule is COc1ccc(NC(=O)N(C)[C@H]2CCN(c3ccccc3)C2)cc1. The summed E-state index contributed by atoms with van der Waals surface area (Å²) in [5.74, 6) is 0.774. The monoisotopic (exact) mass is 325 g/mol. The summed E-state index contributed by atoms with van der Waals surface area (Å²) in [6.07, 6.45) is 0.974. The predicted molar refractivity (Wildman–Crippen MR) is 96.8 cm³/mol. The second-order valence-corrected chi connectivity index (χ2v) is 5.99. The van der Waals surface area contributed by atoms with E-state index in [-0.39, 0.29) is 12.1 Å². The second-order valence-electron chi connectivity index (χ2n) is 5.99. The van der Waals surface area contributed by atoms with E-state index in [1.807, 2.05) is 49.5 Å². The van der Waals surface area contributed by atoms with E-state index >= 15 is 0 Å². The van der Waals surface area contributed by atoms with E-state index in [0.717, 1.165) is 30.9 Å². The zero-order valence-electron chi connectivity index (χ0n) is 14.1. The van der Waals surface area contributed by atoms with Crippen LogP contribution in [0.15, 0.2) is 54.6 Å². The van der Waals surface area contributed by atoms with E-state index in [1.54, 1.807) is 12.0 Å². The molecule has 126 valence electrons. The summed E-state index contributed by atoms with van der Waals surface area (Å²) >= 11 is 0. The summed E-state index contributed by atoms with van der Waals surface area (Å²) in [5, 5.41) is 2.94. The van der Waals surface area contributed by atoms with Crippen molar-refractivity contribution in [2.24, 2.45) is 0 Å². The van der Waals surface area contributed by atoms with Gasteiger partial charge in [-0.25, -0.2) is 4.79 Å². The van der Waals surface area contributed by atoms with Crippen LogP contribution in [0, 0.1) is 0 Å². The Morgan fingerprint density at radius 2 is 1.88 bits per heavy atom. The summed E-state index contributed by atoms with van der Waals surface area (Å²) in [6, 6.07) is 17.8. The summed E-state index contributed by atoms with van der Waals surface area (Å²) in [5.41, 5.74) is 1.98. The lowest BCUT2D eigenvalue weighted by Crippen LogP contribution is -2.41. The van der Waals surface area contributed by atoms with Crippen LogP contribution in [0.5, 0.6) is 5.75 Å². The number of likely N-dealkylation sites (N-methyl/N-ethyl adjacent to an activating group) is 1. The van der Waals surface area contributed by atoms with E-state index in [2.05, 4.69) is 22.3 Å². The van der Waals surface area contributed by atoms with Crippen LogP contribution < -0.4 is 15.0 Å². The lowest BCUT2D eigenvalue weighted by molar-refractivity contribution is 0.208. The minimum atomic E-state index is -0.0833. The number of benzene rings is 2. The molecule has 0 saturated carbocycles. The Morgan fingerprint density at radius 1 is 1.17 bits per heavy atom. The normalized spacial score (nSPS) is 16.8. The third-order valence-electron chi connectivity index (χ3n) is 4.49. The van der Waals surface area contributed by atoms with Crippen molar-refractivity contribution in [1.29, 1.82) is 0 Å². The number of hydrogen-bond acceptors (Lipinski definition) is 3. The van der Waals surface area contributed by atoms with Crippen LogP contribution >= 0.6 is 0 Å². The van der Waals surface area contributed by atoms with Crippen molar-refractivity contribution in [3.05, 3.63) is 54.6 Å². The molecule has 1 saturated heterocycles. The van der Waals surface area contributed by atoms with Gasteiger partial charge in [-0.3, -0.25) is 0 Å². The maximum absolute atomic E-state index is 12.5. The van der Waals surface area contributed by atoms with Crippen molar-refractivity contribution >= 4 is 17.4 Å². The van der Waals surface area contributed by atoms with Gasteiger partial charge >= 0.3 is 6.03 Å². The number of para-hydroxylation sites is 1. The number of carbonyl (C=O) groups is 1. The molecule has 0 spiro atoms. The first-order valence-corrected chi connectivity index (χ1v) is 8.15. The molecular weight excluding hydrogens is 302 g/mol. The Bertz CT molecular complexity index is 673. The van der Waals surface area contributed by atoms with Gasteiger partial charge < -0.3 is 19.9 Å². The average molecular weight is 325 g/mol. The number of anilines is 2. The summed E-state index contributed by atoms with van der Waals surface area (Å²) < 4.78 is 5.13. The quantitative estimate of drug-likeness (QED) is 0.936. The third kappa shape index (κ3) is 3.62. The zero-order valence-corrected chi connectivity index (χ0v) is 14.1. The van der Waals surface area contributed by atoms with Crippen molar-refractivity contribution in [2.75, 3.05) is 37.5 Å². The second kappa shape index (κ2) is 7.25. The van der Waals surface area contributed by atoms with Crippen molar-refractivity contribution in [3.63, 3.8) is 0 Å². The molecule has 2 aromatic rings. The van der Waals surface area contributed by atoms with Crippen LogP contribution in [0.4, 0.5) is 16.2 Å². The van der Waals surface area contributed by atoms with Crippen LogP contribution in [0.25, 0.3) is 0 Å². The standard InChI is InChI=1S/C19H23N3O2/c1-21(19(23)20-15-8-10-18(24-2)11-9-15)17-12-13-22(14-17)16-6-4-3-5-7-16/h3-11,17H,12-14H2,1-2H3,(H,20,23)/t17-/m0/s1. The van der Waals surface area contributed by atoms with Crippen LogP contribution in [-0.4, -0.2) is 44.2 Å². The molecule has 1 aliphatic rings. The van der Waals surface area contributed by atoms with Gasteiger partial charge in [-0.05, 0) is 42.8 Å². The number of amides is 2. The highest BCUT2D eigenvalue weighted by Gasteiger charge is 2.28. The lowest BCUT2D eigenvalue weighted by atomic mass is 10.2. The van der Waals surface area contributed by atoms with E-state index in [4.69, 9.17) is 4.74 Å². The van der Waals surface area contributed by atoms with Crippen LogP contribution in [0.1, 0.15) is 6.42 Å². The fourth-order valence-electron chi connectivity index (χ4n) is 2.98. The molecule has 1 atom stereocenters. The number of urea groups is 1. The summed E-state index contributed by atoms with van der Waals surface area (Å²) in [7, 11) is 3.48. The maximum atomic E-state index is 12.5. The van der Waals surface area contributed by atoms with Gasteiger partial charge in [0.25, 0.3) is 0 Å². The molecule has 5 heteroatoms. The maximum Gasteiger partial charge on any atom is 0.321 e. The molecule has 3 rings (SSSR count). The average Bonchev–Trinajstić information content (AvgIpc) is 3.12. The smallest absolute Gasteiger partial charge is 0.321 e. The van der Waals surface area contributed by atoms with Gasteiger partial charge in [-0.15, -0.1) is 0 Å². The molecular formula is C19H23N3O2. The molecule has 2 aromatic carbocycles. The van der Waals surface area contributed by atoms with Gasteiger partial charge in [0.2, 0.25) is 0 Å². The number of nitrogens with zero attached hydrogens (tertiary/aromatic N) is 2. The molecule has 1 N–H and O–H groups in total. The fourth-order valence-corrected chi connectivity index (χ4v) is 2.98. The summed E-state index contributed by atoms with van der Waals surface area (Å²) in [6.45, 7) is 1.82. The van der Waals surface area contributed by atoms with Crippen molar-refractivity contribution in [2.45, 2.75) is 12.5 Å². The first-order chi connectivity index (χ1) is 11.7. The highest BCUT2D eigenvalue weighted by atomic mass is 16.5. The molecule has 2 amide bonds. The highest BCUT2D eigenvalue weighted by Crippen LogP contribution is 2.23. The van der Waals surface area contributed by atoms with Gasteiger partial charge in [0.1, 0.15) is 5.75 Å². The minimum absolute atomic E-state index is 0.0833. The van der Waals surface area contributed by atoms with E-state index in [0.29, 0.717) is 0 Å². The highest BCUT2D eigenvalue weighted by molar-refractivity contribution is 5.89. The Kier molecular flexibility index (Phi) is 4.89. The Morgan fingerprint density at radius 3 is 2.54 bits per heavy atom. The molecule has 24 heavy (non-hydrogen) atoms. The molecule has 0 bridgehead atoms. The molecule has 0 aromatic heterocycles. The van der Waals surface area contributed by atoms with Crippen LogP contribution in [-0.2, 0) is 0 Å². The van der Waals surface area contributed by atoms with Gasteiger partial charge in [-0.1, -0.05) is 18.2 Å². The first kappa shape index (κ1) is 16.2. The predicted octanol–water partition coefficient (Wildman–Crippen LogP) is 3.44. The largest absolute Gasteiger partial charge is 0.497 e.